The third kappa shape index (κ3) is 4.41. The van der Waals surface area contributed by atoms with Crippen LogP contribution in [0.25, 0.3) is 28.2 Å². The van der Waals surface area contributed by atoms with E-state index in [1.807, 2.05) is 71.3 Å². The molecule has 0 bridgehead atoms. The van der Waals surface area contributed by atoms with Gasteiger partial charge in [-0.3, -0.25) is 4.57 Å². The van der Waals surface area contributed by atoms with E-state index in [0.717, 1.165) is 40.3 Å². The zero-order valence-electron chi connectivity index (χ0n) is 19.1. The fraction of sp³-hybridized carbons (Fsp3) is 0.148. The van der Waals surface area contributed by atoms with Gasteiger partial charge >= 0.3 is 0 Å². The van der Waals surface area contributed by atoms with Crippen LogP contribution >= 0.6 is 0 Å². The molecule has 34 heavy (non-hydrogen) atoms. The van der Waals surface area contributed by atoms with Gasteiger partial charge in [0.2, 0.25) is 0 Å². The number of hydrogen-bond donors (Lipinski definition) is 1. The minimum absolute atomic E-state index is 0.625. The van der Waals surface area contributed by atoms with E-state index in [4.69, 9.17) is 19.4 Å². The van der Waals surface area contributed by atoms with E-state index in [1.54, 1.807) is 20.5 Å². The number of fused-ring (bicyclic) bond motifs is 1. The molecule has 0 aliphatic rings. The van der Waals surface area contributed by atoms with Gasteiger partial charge in [-0.2, -0.15) is 0 Å². The smallest absolute Gasteiger partial charge is 0.170 e. The van der Waals surface area contributed by atoms with Crippen molar-refractivity contribution in [3.05, 3.63) is 90.8 Å². The lowest BCUT2D eigenvalue weighted by Crippen LogP contribution is -2.08. The predicted octanol–water partition coefficient (Wildman–Crippen LogP) is 5.15. The van der Waals surface area contributed by atoms with Gasteiger partial charge in [-0.25, -0.2) is 15.0 Å². The molecule has 7 nitrogen and oxygen atoms in total. The van der Waals surface area contributed by atoms with Crippen LogP contribution in [0.4, 0.5) is 5.82 Å². The van der Waals surface area contributed by atoms with Gasteiger partial charge in [0.05, 0.1) is 14.2 Å². The van der Waals surface area contributed by atoms with Crippen LogP contribution in [0.5, 0.6) is 11.5 Å². The van der Waals surface area contributed by atoms with Crippen LogP contribution < -0.4 is 14.8 Å². The van der Waals surface area contributed by atoms with Crippen LogP contribution in [0.3, 0.4) is 0 Å². The number of nitrogens with one attached hydrogen (secondary N) is 1. The molecule has 2 heterocycles. The number of para-hydroxylation sites is 1. The zero-order valence-corrected chi connectivity index (χ0v) is 19.1. The number of rotatable bonds is 8. The topological polar surface area (TPSA) is 74.1 Å². The molecule has 0 unspecified atom stereocenters. The summed E-state index contributed by atoms with van der Waals surface area (Å²) >= 11 is 0. The molecule has 0 aliphatic heterocycles. The van der Waals surface area contributed by atoms with E-state index in [0.29, 0.717) is 18.2 Å². The largest absolute Gasteiger partial charge is 0.497 e. The van der Waals surface area contributed by atoms with Crippen LogP contribution in [0.1, 0.15) is 5.56 Å². The Morgan fingerprint density at radius 2 is 1.47 bits per heavy atom. The Bertz CT molecular complexity index is 1380. The summed E-state index contributed by atoms with van der Waals surface area (Å²) in [5, 5.41) is 3.48. The quantitative estimate of drug-likeness (QED) is 0.352. The molecule has 5 aromatic rings. The maximum Gasteiger partial charge on any atom is 0.170 e. The Balaban J connectivity index is 1.50. The van der Waals surface area contributed by atoms with Gasteiger partial charge < -0.3 is 14.8 Å². The molecule has 2 aromatic heterocycles. The number of imidazole rings is 1. The molecule has 5 rings (SSSR count). The Labute approximate surface area is 198 Å². The number of hydrogen-bond acceptors (Lipinski definition) is 6. The van der Waals surface area contributed by atoms with Crippen molar-refractivity contribution < 1.29 is 9.47 Å². The van der Waals surface area contributed by atoms with Gasteiger partial charge in [0.1, 0.15) is 17.8 Å². The molecule has 170 valence electrons. The third-order valence-corrected chi connectivity index (χ3v) is 5.64. The maximum atomic E-state index is 5.30. The highest BCUT2D eigenvalue weighted by Gasteiger charge is 2.15. The molecule has 0 atom stereocenters. The van der Waals surface area contributed by atoms with Gasteiger partial charge in [-0.15, -0.1) is 0 Å². The van der Waals surface area contributed by atoms with E-state index in [2.05, 4.69) is 22.4 Å². The number of aromatic nitrogens is 4. The molecule has 0 amide bonds. The second kappa shape index (κ2) is 9.62. The molecule has 3 aromatic carbocycles. The molecule has 0 spiro atoms. The van der Waals surface area contributed by atoms with E-state index < -0.39 is 0 Å². The number of anilines is 1. The van der Waals surface area contributed by atoms with Crippen molar-refractivity contribution >= 4 is 17.0 Å². The van der Waals surface area contributed by atoms with E-state index in [1.165, 1.54) is 5.56 Å². The van der Waals surface area contributed by atoms with Crippen LogP contribution in [0.2, 0.25) is 0 Å². The number of nitrogens with zero attached hydrogens (tertiary/aromatic N) is 4. The summed E-state index contributed by atoms with van der Waals surface area (Å²) in [5.74, 6) is 2.97. The van der Waals surface area contributed by atoms with Crippen molar-refractivity contribution in [3.63, 3.8) is 0 Å². The minimum atomic E-state index is 0.625. The first-order valence-electron chi connectivity index (χ1n) is 11.1. The molecule has 0 saturated heterocycles. The fourth-order valence-corrected chi connectivity index (χ4v) is 3.79. The van der Waals surface area contributed by atoms with Crippen molar-refractivity contribution in [2.75, 3.05) is 26.1 Å². The monoisotopic (exact) mass is 451 g/mol. The Kier molecular flexibility index (Phi) is 6.07. The second-order valence-corrected chi connectivity index (χ2v) is 7.77. The first-order valence-corrected chi connectivity index (χ1v) is 11.1. The first-order chi connectivity index (χ1) is 16.7. The molecular weight excluding hydrogens is 426 g/mol. The highest BCUT2D eigenvalue weighted by molar-refractivity contribution is 5.86. The van der Waals surface area contributed by atoms with Gasteiger partial charge in [0.15, 0.2) is 22.8 Å². The number of benzene rings is 3. The van der Waals surface area contributed by atoms with Gasteiger partial charge in [0.25, 0.3) is 0 Å². The fourth-order valence-electron chi connectivity index (χ4n) is 3.79. The van der Waals surface area contributed by atoms with Gasteiger partial charge in [0, 0.05) is 17.8 Å². The number of methoxy groups -OCH3 is 2. The molecule has 7 heteroatoms. The van der Waals surface area contributed by atoms with Crippen molar-refractivity contribution in [2.24, 2.45) is 0 Å². The van der Waals surface area contributed by atoms with Crippen LogP contribution in [-0.2, 0) is 6.42 Å². The summed E-state index contributed by atoms with van der Waals surface area (Å²) in [5.41, 5.74) is 4.59. The Hall–Kier alpha value is -4.39. The summed E-state index contributed by atoms with van der Waals surface area (Å²) < 4.78 is 12.5. The van der Waals surface area contributed by atoms with Crippen molar-refractivity contribution in [1.29, 1.82) is 0 Å². The van der Waals surface area contributed by atoms with E-state index >= 15 is 0 Å². The molecular formula is C27H25N5O2. The molecule has 0 fully saturated rings. The summed E-state index contributed by atoms with van der Waals surface area (Å²) in [6.45, 7) is 0.707. The molecule has 0 saturated carbocycles. The second-order valence-electron chi connectivity index (χ2n) is 7.77. The van der Waals surface area contributed by atoms with Gasteiger partial charge in [-0.05, 0) is 60.5 Å². The predicted molar refractivity (Wildman–Crippen MR) is 134 cm³/mol. The summed E-state index contributed by atoms with van der Waals surface area (Å²) in [6, 6.07) is 25.9. The maximum absolute atomic E-state index is 5.30. The average Bonchev–Trinajstić information content (AvgIpc) is 3.34. The normalized spacial score (nSPS) is 10.9. The standard InChI is InChI=1S/C27H25N5O2/c1-33-22-12-8-19(9-13-22)16-17-28-26-24-27(32(18-29-24)21-6-4-3-5-7-21)31-25(30-26)20-10-14-23(34-2)15-11-20/h3-15,18H,16-17H2,1-2H3,(H,28,30,31). The van der Waals surface area contributed by atoms with E-state index in [-0.39, 0.29) is 0 Å². The highest BCUT2D eigenvalue weighted by atomic mass is 16.5. The lowest BCUT2D eigenvalue weighted by atomic mass is 10.1. The van der Waals surface area contributed by atoms with Crippen LogP contribution in [-0.4, -0.2) is 40.3 Å². The van der Waals surface area contributed by atoms with Crippen LogP contribution in [0.15, 0.2) is 85.2 Å². The molecule has 1 N–H and O–H groups in total. The summed E-state index contributed by atoms with van der Waals surface area (Å²) in [4.78, 5) is 14.4. The summed E-state index contributed by atoms with van der Waals surface area (Å²) in [6.07, 6.45) is 2.63. The van der Waals surface area contributed by atoms with Crippen LogP contribution in [0, 0.1) is 0 Å². The van der Waals surface area contributed by atoms with Crippen molar-refractivity contribution in [3.8, 4) is 28.6 Å². The van der Waals surface area contributed by atoms with E-state index in [9.17, 15) is 0 Å². The average molecular weight is 452 g/mol. The third-order valence-electron chi connectivity index (χ3n) is 5.64. The Morgan fingerprint density at radius 3 is 2.15 bits per heavy atom. The Morgan fingerprint density at radius 1 is 0.794 bits per heavy atom. The zero-order chi connectivity index (χ0) is 23.3. The molecule has 0 radical (unpaired) electrons. The highest BCUT2D eigenvalue weighted by Crippen LogP contribution is 2.27. The minimum Gasteiger partial charge on any atom is -0.497 e. The lowest BCUT2D eigenvalue weighted by molar-refractivity contribution is 0.414. The van der Waals surface area contributed by atoms with Crippen molar-refractivity contribution in [2.45, 2.75) is 6.42 Å². The van der Waals surface area contributed by atoms with Crippen molar-refractivity contribution in [1.82, 2.24) is 19.5 Å². The lowest BCUT2D eigenvalue weighted by Gasteiger charge is -2.11. The first kappa shape index (κ1) is 21.5. The summed E-state index contributed by atoms with van der Waals surface area (Å²) in [7, 11) is 3.33. The van der Waals surface area contributed by atoms with Gasteiger partial charge in [-0.1, -0.05) is 30.3 Å². The SMILES string of the molecule is COc1ccc(CCNc2nc(-c3ccc(OC)cc3)nc3c2ncn3-c2ccccc2)cc1. The molecule has 0 aliphatic carbocycles. The number of ether oxygens (including phenoxy) is 2.